The molecule has 1 aromatic rings. The number of aryl methyl sites for hydroxylation is 1. The zero-order valence-corrected chi connectivity index (χ0v) is 13.7. The first kappa shape index (κ1) is 16.3. The Morgan fingerprint density at radius 1 is 1.24 bits per heavy atom. The second-order valence-electron chi connectivity index (χ2n) is 6.15. The van der Waals surface area contributed by atoms with E-state index in [2.05, 4.69) is 44.3 Å². The van der Waals surface area contributed by atoms with Gasteiger partial charge in [-0.15, -0.1) is 0 Å². The minimum Gasteiger partial charge on any atom is -0.491 e. The molecule has 0 saturated heterocycles. The minimum absolute atomic E-state index is 0.526. The zero-order chi connectivity index (χ0) is 15.1. The normalized spacial score (nSPS) is 17.2. The number of benzene rings is 1. The molecule has 3 nitrogen and oxygen atoms in total. The lowest BCUT2D eigenvalue weighted by Crippen LogP contribution is -2.18. The van der Waals surface area contributed by atoms with Crippen molar-refractivity contribution in [3.05, 3.63) is 29.3 Å². The van der Waals surface area contributed by atoms with Gasteiger partial charge >= 0.3 is 0 Å². The maximum Gasteiger partial charge on any atom is 0.119 e. The number of rotatable bonds is 9. The van der Waals surface area contributed by atoms with Crippen molar-refractivity contribution < 1.29 is 9.47 Å². The van der Waals surface area contributed by atoms with Gasteiger partial charge in [-0.25, -0.2) is 0 Å². The van der Waals surface area contributed by atoms with Gasteiger partial charge in [0.15, 0.2) is 0 Å². The third-order valence-corrected chi connectivity index (χ3v) is 3.98. The van der Waals surface area contributed by atoms with E-state index in [4.69, 9.17) is 9.47 Å². The van der Waals surface area contributed by atoms with Crippen LogP contribution in [0.3, 0.4) is 0 Å². The molecule has 1 N–H and O–H groups in total. The largest absolute Gasteiger partial charge is 0.491 e. The highest BCUT2D eigenvalue weighted by atomic mass is 16.5. The highest BCUT2D eigenvalue weighted by Crippen LogP contribution is 2.33. The lowest BCUT2D eigenvalue weighted by molar-refractivity contribution is 0.0925. The van der Waals surface area contributed by atoms with Gasteiger partial charge in [0, 0.05) is 12.6 Å². The van der Waals surface area contributed by atoms with Crippen molar-refractivity contribution in [3.8, 4) is 5.75 Å². The second-order valence-corrected chi connectivity index (χ2v) is 6.15. The van der Waals surface area contributed by atoms with Crippen molar-refractivity contribution in [2.24, 2.45) is 5.92 Å². The standard InChI is InChI=1S/C18H29NO2/c1-4-19-18-8-5-15-13-16(6-7-17(15)18)21-12-11-20-10-9-14(2)3/h6-7,13-14,18-19H,4-5,8-12H2,1-3H3. The number of fused-ring (bicyclic) bond motifs is 1. The smallest absolute Gasteiger partial charge is 0.119 e. The van der Waals surface area contributed by atoms with Crippen LogP contribution in [-0.4, -0.2) is 26.4 Å². The summed E-state index contributed by atoms with van der Waals surface area (Å²) in [6.45, 7) is 9.74. The highest BCUT2D eigenvalue weighted by Gasteiger charge is 2.21. The van der Waals surface area contributed by atoms with Crippen LogP contribution in [0.4, 0.5) is 0 Å². The third kappa shape index (κ3) is 5.01. The van der Waals surface area contributed by atoms with Gasteiger partial charge in [-0.3, -0.25) is 0 Å². The molecule has 21 heavy (non-hydrogen) atoms. The summed E-state index contributed by atoms with van der Waals surface area (Å²) in [5, 5.41) is 3.53. The van der Waals surface area contributed by atoms with Gasteiger partial charge in [0.05, 0.1) is 6.61 Å². The lowest BCUT2D eigenvalue weighted by Gasteiger charge is -2.13. The van der Waals surface area contributed by atoms with Crippen LogP contribution in [0.25, 0.3) is 0 Å². The van der Waals surface area contributed by atoms with Crippen LogP contribution in [0.15, 0.2) is 18.2 Å². The Morgan fingerprint density at radius 3 is 2.86 bits per heavy atom. The van der Waals surface area contributed by atoms with Crippen LogP contribution in [0.5, 0.6) is 5.75 Å². The van der Waals surface area contributed by atoms with Crippen LogP contribution in [-0.2, 0) is 11.2 Å². The molecule has 0 aliphatic heterocycles. The molecule has 0 bridgehead atoms. The summed E-state index contributed by atoms with van der Waals surface area (Å²) < 4.78 is 11.4. The molecule has 0 fully saturated rings. The van der Waals surface area contributed by atoms with E-state index < -0.39 is 0 Å². The van der Waals surface area contributed by atoms with Crippen molar-refractivity contribution >= 4 is 0 Å². The zero-order valence-electron chi connectivity index (χ0n) is 13.7. The molecular formula is C18H29NO2. The van der Waals surface area contributed by atoms with Crippen LogP contribution < -0.4 is 10.1 Å². The van der Waals surface area contributed by atoms with Crippen molar-refractivity contribution in [3.63, 3.8) is 0 Å². The molecule has 1 aliphatic rings. The van der Waals surface area contributed by atoms with Crippen LogP contribution in [0, 0.1) is 5.92 Å². The summed E-state index contributed by atoms with van der Waals surface area (Å²) in [6, 6.07) is 7.02. The maximum atomic E-state index is 5.79. The third-order valence-electron chi connectivity index (χ3n) is 3.98. The summed E-state index contributed by atoms with van der Waals surface area (Å²) in [5.74, 6) is 1.67. The molecule has 118 valence electrons. The predicted molar refractivity (Wildman–Crippen MR) is 86.9 cm³/mol. The highest BCUT2D eigenvalue weighted by molar-refractivity contribution is 5.40. The molecule has 0 radical (unpaired) electrons. The fourth-order valence-electron chi connectivity index (χ4n) is 2.78. The molecule has 1 aliphatic carbocycles. The van der Waals surface area contributed by atoms with E-state index in [9.17, 15) is 0 Å². The number of hydrogen-bond acceptors (Lipinski definition) is 3. The van der Waals surface area contributed by atoms with Gasteiger partial charge in [-0.1, -0.05) is 26.8 Å². The molecule has 1 unspecified atom stereocenters. The monoisotopic (exact) mass is 291 g/mol. The van der Waals surface area contributed by atoms with E-state index in [1.165, 1.54) is 17.5 Å². The van der Waals surface area contributed by atoms with Crippen molar-refractivity contribution in [2.75, 3.05) is 26.4 Å². The second kappa shape index (κ2) is 8.40. The Hall–Kier alpha value is -1.06. The first-order chi connectivity index (χ1) is 10.2. The summed E-state index contributed by atoms with van der Waals surface area (Å²) in [4.78, 5) is 0. The van der Waals surface area contributed by atoms with E-state index in [-0.39, 0.29) is 0 Å². The average molecular weight is 291 g/mol. The molecule has 2 rings (SSSR count). The summed E-state index contributed by atoms with van der Waals surface area (Å²) in [6.07, 6.45) is 3.46. The average Bonchev–Trinajstić information content (AvgIpc) is 2.85. The Labute approximate surface area is 129 Å². The van der Waals surface area contributed by atoms with E-state index in [0.717, 1.165) is 31.7 Å². The van der Waals surface area contributed by atoms with Gasteiger partial charge in [-0.2, -0.15) is 0 Å². The maximum absolute atomic E-state index is 5.79. The summed E-state index contributed by atoms with van der Waals surface area (Å²) >= 11 is 0. The number of hydrogen-bond donors (Lipinski definition) is 1. The predicted octanol–water partition coefficient (Wildman–Crippen LogP) is 3.72. The van der Waals surface area contributed by atoms with Gasteiger partial charge < -0.3 is 14.8 Å². The Kier molecular flexibility index (Phi) is 6.52. The quantitative estimate of drug-likeness (QED) is 0.703. The van der Waals surface area contributed by atoms with Crippen LogP contribution in [0.1, 0.15) is 50.8 Å². The molecular weight excluding hydrogens is 262 g/mol. The first-order valence-electron chi connectivity index (χ1n) is 8.27. The minimum atomic E-state index is 0.526. The Morgan fingerprint density at radius 2 is 2.10 bits per heavy atom. The van der Waals surface area contributed by atoms with Crippen molar-refractivity contribution in [2.45, 2.75) is 46.1 Å². The fourth-order valence-corrected chi connectivity index (χ4v) is 2.78. The molecule has 1 atom stereocenters. The van der Waals surface area contributed by atoms with Gasteiger partial charge in [0.25, 0.3) is 0 Å². The van der Waals surface area contributed by atoms with Crippen molar-refractivity contribution in [1.82, 2.24) is 5.32 Å². The fraction of sp³-hybridized carbons (Fsp3) is 0.667. The van der Waals surface area contributed by atoms with Crippen LogP contribution >= 0.6 is 0 Å². The molecule has 0 saturated carbocycles. The van der Waals surface area contributed by atoms with Crippen molar-refractivity contribution in [1.29, 1.82) is 0 Å². The molecule has 0 amide bonds. The number of ether oxygens (including phenoxy) is 2. The van der Waals surface area contributed by atoms with E-state index in [1.807, 2.05) is 0 Å². The Balaban J connectivity index is 1.73. The van der Waals surface area contributed by atoms with Gasteiger partial charge in [0.2, 0.25) is 0 Å². The SMILES string of the molecule is CCNC1CCc2cc(OCCOCCC(C)C)ccc21. The number of nitrogens with one attached hydrogen (secondary N) is 1. The molecule has 0 spiro atoms. The first-order valence-corrected chi connectivity index (χ1v) is 8.27. The van der Waals surface area contributed by atoms with E-state index >= 15 is 0 Å². The topological polar surface area (TPSA) is 30.5 Å². The summed E-state index contributed by atoms with van der Waals surface area (Å²) in [7, 11) is 0. The van der Waals surface area contributed by atoms with E-state index in [1.54, 1.807) is 0 Å². The van der Waals surface area contributed by atoms with Gasteiger partial charge in [0.1, 0.15) is 12.4 Å². The van der Waals surface area contributed by atoms with Crippen LogP contribution in [0.2, 0.25) is 0 Å². The molecule has 0 heterocycles. The van der Waals surface area contributed by atoms with Gasteiger partial charge in [-0.05, 0) is 55.0 Å². The molecule has 3 heteroatoms. The molecule has 1 aromatic carbocycles. The lowest BCUT2D eigenvalue weighted by atomic mass is 10.1. The molecule has 0 aromatic heterocycles. The van der Waals surface area contributed by atoms with E-state index in [0.29, 0.717) is 25.2 Å². The Bertz CT molecular complexity index is 431. The summed E-state index contributed by atoms with van der Waals surface area (Å²) in [5.41, 5.74) is 2.87.